The predicted molar refractivity (Wildman–Crippen MR) is 65.0 cm³/mol. The average Bonchev–Trinajstić information content (AvgIpc) is 2.18. The van der Waals surface area contributed by atoms with Crippen molar-refractivity contribution >= 4 is 15.9 Å². The fourth-order valence-electron chi connectivity index (χ4n) is 1.26. The molecule has 0 saturated heterocycles. The summed E-state index contributed by atoms with van der Waals surface area (Å²) in [6.07, 6.45) is 3.46. The Labute approximate surface area is 98.0 Å². The SMILES string of the molecule is C=C(C)CCCn1cnc(C)c(Br)c1=O. The van der Waals surface area contributed by atoms with Crippen LogP contribution in [0.3, 0.4) is 0 Å². The fraction of sp³-hybridized carbons (Fsp3) is 0.455. The molecule has 0 spiro atoms. The van der Waals surface area contributed by atoms with Gasteiger partial charge in [-0.25, -0.2) is 4.98 Å². The molecule has 1 heterocycles. The molecule has 0 aromatic carbocycles. The highest BCUT2D eigenvalue weighted by Gasteiger charge is 2.04. The second kappa shape index (κ2) is 5.26. The van der Waals surface area contributed by atoms with Gasteiger partial charge in [0.05, 0.1) is 12.0 Å². The van der Waals surface area contributed by atoms with Gasteiger partial charge in [0.25, 0.3) is 5.56 Å². The van der Waals surface area contributed by atoms with Gasteiger partial charge in [-0.05, 0) is 42.6 Å². The maximum atomic E-state index is 11.7. The van der Waals surface area contributed by atoms with Crippen LogP contribution in [0.15, 0.2) is 27.7 Å². The summed E-state index contributed by atoms with van der Waals surface area (Å²) >= 11 is 3.24. The van der Waals surface area contributed by atoms with Crippen molar-refractivity contribution in [2.24, 2.45) is 0 Å². The molecule has 0 fully saturated rings. The third-order valence-corrected chi connectivity index (χ3v) is 3.07. The molecule has 0 aliphatic rings. The van der Waals surface area contributed by atoms with Crippen LogP contribution < -0.4 is 5.56 Å². The monoisotopic (exact) mass is 270 g/mol. The Balaban J connectivity index is 2.75. The highest BCUT2D eigenvalue weighted by atomic mass is 79.9. The minimum absolute atomic E-state index is 0.00999. The van der Waals surface area contributed by atoms with Gasteiger partial charge in [0.15, 0.2) is 0 Å². The third-order valence-electron chi connectivity index (χ3n) is 2.16. The molecule has 0 unspecified atom stereocenters. The van der Waals surface area contributed by atoms with Crippen LogP contribution in [-0.2, 0) is 6.54 Å². The van der Waals surface area contributed by atoms with Crippen LogP contribution >= 0.6 is 15.9 Å². The van der Waals surface area contributed by atoms with E-state index in [1.807, 2.05) is 13.8 Å². The first-order valence-corrected chi connectivity index (χ1v) is 5.67. The summed E-state index contributed by atoms with van der Waals surface area (Å²) < 4.78 is 2.18. The summed E-state index contributed by atoms with van der Waals surface area (Å²) in [6.45, 7) is 8.32. The van der Waals surface area contributed by atoms with Gasteiger partial charge in [-0.1, -0.05) is 5.57 Å². The average molecular weight is 271 g/mol. The van der Waals surface area contributed by atoms with E-state index in [-0.39, 0.29) is 5.56 Å². The van der Waals surface area contributed by atoms with Crippen molar-refractivity contribution in [3.8, 4) is 0 Å². The zero-order valence-electron chi connectivity index (χ0n) is 9.09. The minimum Gasteiger partial charge on any atom is -0.298 e. The summed E-state index contributed by atoms with van der Waals surface area (Å²) in [5, 5.41) is 0. The highest BCUT2D eigenvalue weighted by Crippen LogP contribution is 2.07. The van der Waals surface area contributed by atoms with Crippen molar-refractivity contribution in [3.63, 3.8) is 0 Å². The van der Waals surface area contributed by atoms with Gasteiger partial charge >= 0.3 is 0 Å². The Hall–Kier alpha value is -0.900. The summed E-state index contributed by atoms with van der Waals surface area (Å²) in [6, 6.07) is 0. The fourth-order valence-corrected chi connectivity index (χ4v) is 1.59. The number of halogens is 1. The number of nitrogens with zero attached hydrogens (tertiary/aromatic N) is 2. The first-order chi connectivity index (χ1) is 7.02. The second-order valence-corrected chi connectivity index (χ2v) is 4.50. The van der Waals surface area contributed by atoms with Gasteiger partial charge in [0, 0.05) is 6.54 Å². The summed E-state index contributed by atoms with van der Waals surface area (Å²) in [5.41, 5.74) is 1.86. The van der Waals surface area contributed by atoms with E-state index >= 15 is 0 Å². The zero-order valence-corrected chi connectivity index (χ0v) is 10.7. The summed E-state index contributed by atoms with van der Waals surface area (Å²) in [4.78, 5) is 15.8. The molecule has 4 heteroatoms. The standard InChI is InChI=1S/C11H15BrN2O/c1-8(2)5-4-6-14-7-13-9(3)10(12)11(14)15/h7H,1,4-6H2,2-3H3. The molecule has 3 nitrogen and oxygen atoms in total. The van der Waals surface area contributed by atoms with Crippen molar-refractivity contribution in [2.75, 3.05) is 0 Å². The molecule has 0 bridgehead atoms. The lowest BCUT2D eigenvalue weighted by Crippen LogP contribution is -2.22. The maximum absolute atomic E-state index is 11.7. The summed E-state index contributed by atoms with van der Waals surface area (Å²) in [5.74, 6) is 0. The molecule has 0 amide bonds. The van der Waals surface area contributed by atoms with Crippen LogP contribution in [0.2, 0.25) is 0 Å². The lowest BCUT2D eigenvalue weighted by Gasteiger charge is -2.06. The molecule has 0 radical (unpaired) electrons. The van der Waals surface area contributed by atoms with Crippen LogP contribution in [0.25, 0.3) is 0 Å². The summed E-state index contributed by atoms with van der Waals surface area (Å²) in [7, 11) is 0. The molecular formula is C11H15BrN2O. The van der Waals surface area contributed by atoms with Crippen molar-refractivity contribution in [2.45, 2.75) is 33.2 Å². The predicted octanol–water partition coefficient (Wildman–Crippen LogP) is 2.67. The lowest BCUT2D eigenvalue weighted by molar-refractivity contribution is 0.605. The van der Waals surface area contributed by atoms with Crippen LogP contribution in [0.4, 0.5) is 0 Å². The van der Waals surface area contributed by atoms with Gasteiger partial charge in [-0.2, -0.15) is 0 Å². The van der Waals surface area contributed by atoms with Crippen LogP contribution in [0, 0.1) is 6.92 Å². The van der Waals surface area contributed by atoms with E-state index < -0.39 is 0 Å². The molecular weight excluding hydrogens is 256 g/mol. The number of aryl methyl sites for hydroxylation is 2. The van der Waals surface area contributed by atoms with Crippen molar-refractivity contribution in [1.29, 1.82) is 0 Å². The Kier molecular flexibility index (Phi) is 4.27. The number of aromatic nitrogens is 2. The molecule has 0 N–H and O–H groups in total. The lowest BCUT2D eigenvalue weighted by atomic mass is 10.2. The molecule has 0 saturated carbocycles. The van der Waals surface area contributed by atoms with E-state index in [2.05, 4.69) is 27.5 Å². The molecule has 1 aromatic heterocycles. The topological polar surface area (TPSA) is 34.9 Å². The largest absolute Gasteiger partial charge is 0.298 e. The Morgan fingerprint density at radius 3 is 2.93 bits per heavy atom. The van der Waals surface area contributed by atoms with Crippen molar-refractivity contribution in [3.05, 3.63) is 39.0 Å². The van der Waals surface area contributed by atoms with Gasteiger partial charge in [0.2, 0.25) is 0 Å². The molecule has 15 heavy (non-hydrogen) atoms. The Bertz CT molecular complexity index is 423. The quantitative estimate of drug-likeness (QED) is 0.789. The Morgan fingerprint density at radius 1 is 1.67 bits per heavy atom. The second-order valence-electron chi connectivity index (χ2n) is 3.70. The van der Waals surface area contributed by atoms with Gasteiger partial charge in [0.1, 0.15) is 4.47 Å². The van der Waals surface area contributed by atoms with Crippen LogP contribution in [-0.4, -0.2) is 9.55 Å². The van der Waals surface area contributed by atoms with Gasteiger partial charge in [-0.15, -0.1) is 6.58 Å². The number of hydrogen-bond donors (Lipinski definition) is 0. The molecule has 0 aliphatic heterocycles. The molecule has 0 atom stereocenters. The smallest absolute Gasteiger partial charge is 0.267 e. The zero-order chi connectivity index (χ0) is 11.4. The number of rotatable bonds is 4. The third kappa shape index (κ3) is 3.30. The normalized spacial score (nSPS) is 10.3. The highest BCUT2D eigenvalue weighted by molar-refractivity contribution is 9.10. The molecule has 1 rings (SSSR count). The number of hydrogen-bond acceptors (Lipinski definition) is 2. The first kappa shape index (κ1) is 12.2. The van der Waals surface area contributed by atoms with Crippen molar-refractivity contribution < 1.29 is 0 Å². The van der Waals surface area contributed by atoms with Crippen molar-refractivity contribution in [1.82, 2.24) is 9.55 Å². The number of allylic oxidation sites excluding steroid dienone is 1. The van der Waals surface area contributed by atoms with Crippen LogP contribution in [0.5, 0.6) is 0 Å². The van der Waals surface area contributed by atoms with E-state index in [9.17, 15) is 4.79 Å². The Morgan fingerprint density at radius 2 is 2.33 bits per heavy atom. The van der Waals surface area contributed by atoms with E-state index in [4.69, 9.17) is 0 Å². The van der Waals surface area contributed by atoms with E-state index in [0.717, 1.165) is 24.1 Å². The molecule has 82 valence electrons. The van der Waals surface area contributed by atoms with Crippen LogP contribution in [0.1, 0.15) is 25.5 Å². The van der Waals surface area contributed by atoms with Gasteiger partial charge < -0.3 is 0 Å². The van der Waals surface area contributed by atoms with E-state index in [1.54, 1.807) is 10.9 Å². The molecule has 0 aliphatic carbocycles. The molecule has 1 aromatic rings. The van der Waals surface area contributed by atoms with E-state index in [0.29, 0.717) is 11.0 Å². The van der Waals surface area contributed by atoms with Gasteiger partial charge in [-0.3, -0.25) is 9.36 Å². The maximum Gasteiger partial charge on any atom is 0.267 e. The first-order valence-electron chi connectivity index (χ1n) is 4.88. The minimum atomic E-state index is -0.00999. The van der Waals surface area contributed by atoms with E-state index in [1.165, 1.54) is 0 Å².